The summed E-state index contributed by atoms with van der Waals surface area (Å²) in [6, 6.07) is 2.30. The van der Waals surface area contributed by atoms with E-state index in [-0.39, 0.29) is 21.9 Å². The van der Waals surface area contributed by atoms with Crippen molar-refractivity contribution in [3.63, 3.8) is 0 Å². The molecule has 82 valence electrons. The predicted octanol–water partition coefficient (Wildman–Crippen LogP) is 3.88. The molecule has 0 aliphatic rings. The third-order valence-electron chi connectivity index (χ3n) is 1.48. The fraction of sp³-hybridized carbons (Fsp3) is 0.111. The van der Waals surface area contributed by atoms with Gasteiger partial charge in [0.25, 0.3) is 0 Å². The van der Waals surface area contributed by atoms with Gasteiger partial charge in [-0.05, 0) is 6.08 Å². The molecule has 2 nitrogen and oxygen atoms in total. The van der Waals surface area contributed by atoms with Crippen LogP contribution in [-0.4, -0.2) is 11.7 Å². The first kappa shape index (κ1) is 12.4. The number of phenols is 1. The van der Waals surface area contributed by atoms with E-state index in [4.69, 9.17) is 44.6 Å². The average molecular weight is 272 g/mol. The van der Waals surface area contributed by atoms with Crippen LogP contribution in [0.3, 0.4) is 0 Å². The Bertz CT molecular complexity index is 366. The maximum Gasteiger partial charge on any atom is 0.170 e. The molecule has 0 fully saturated rings. The molecule has 0 saturated heterocycles. The van der Waals surface area contributed by atoms with Crippen LogP contribution < -0.4 is 4.74 Å². The van der Waals surface area contributed by atoms with E-state index < -0.39 is 11.6 Å². The summed E-state index contributed by atoms with van der Waals surface area (Å²) in [5.74, 6) is -1.27. The molecule has 0 aliphatic heterocycles. The summed E-state index contributed by atoms with van der Waals surface area (Å²) in [7, 11) is 0. The van der Waals surface area contributed by atoms with Crippen molar-refractivity contribution < 1.29 is 14.2 Å². The SMILES string of the molecule is Oc1c(F)cc(OCC=C(Cl)Cl)cc1Cl. The zero-order valence-electron chi connectivity index (χ0n) is 7.31. The summed E-state index contributed by atoms with van der Waals surface area (Å²) < 4.78 is 18.1. The van der Waals surface area contributed by atoms with Gasteiger partial charge in [-0.15, -0.1) is 0 Å². The maximum absolute atomic E-state index is 12.9. The molecule has 0 atom stereocenters. The molecule has 0 radical (unpaired) electrons. The number of aromatic hydroxyl groups is 1. The van der Waals surface area contributed by atoms with Crippen LogP contribution in [-0.2, 0) is 0 Å². The molecule has 0 spiro atoms. The van der Waals surface area contributed by atoms with Crippen LogP contribution in [0.2, 0.25) is 5.02 Å². The number of rotatable bonds is 3. The molecule has 0 heterocycles. The summed E-state index contributed by atoms with van der Waals surface area (Å²) in [5, 5.41) is 8.91. The Labute approximate surface area is 101 Å². The first-order valence-electron chi connectivity index (χ1n) is 3.82. The minimum absolute atomic E-state index is 0.0559. The van der Waals surface area contributed by atoms with Gasteiger partial charge in [0.15, 0.2) is 11.6 Å². The van der Waals surface area contributed by atoms with Crippen molar-refractivity contribution in [3.05, 3.63) is 33.5 Å². The quantitative estimate of drug-likeness (QED) is 0.904. The van der Waals surface area contributed by atoms with E-state index in [1.165, 1.54) is 12.1 Å². The Morgan fingerprint density at radius 1 is 1.47 bits per heavy atom. The summed E-state index contributed by atoms with van der Waals surface area (Å²) >= 11 is 16.2. The highest BCUT2D eigenvalue weighted by molar-refractivity contribution is 6.55. The molecule has 1 aromatic rings. The molecule has 0 amide bonds. The molecule has 0 aromatic heterocycles. The van der Waals surface area contributed by atoms with Crippen LogP contribution in [0.1, 0.15) is 0 Å². The highest BCUT2D eigenvalue weighted by Crippen LogP contribution is 2.30. The summed E-state index contributed by atoms with van der Waals surface area (Å²) in [6.07, 6.45) is 1.39. The van der Waals surface area contributed by atoms with E-state index in [2.05, 4.69) is 0 Å². The van der Waals surface area contributed by atoms with Crippen LogP contribution >= 0.6 is 34.8 Å². The van der Waals surface area contributed by atoms with E-state index >= 15 is 0 Å². The Balaban J connectivity index is 2.75. The van der Waals surface area contributed by atoms with Gasteiger partial charge >= 0.3 is 0 Å². The van der Waals surface area contributed by atoms with E-state index in [1.54, 1.807) is 0 Å². The van der Waals surface area contributed by atoms with E-state index in [1.807, 2.05) is 0 Å². The van der Waals surface area contributed by atoms with E-state index in [0.29, 0.717) is 0 Å². The molecule has 1 N–H and O–H groups in total. The van der Waals surface area contributed by atoms with Gasteiger partial charge in [-0.2, -0.15) is 0 Å². The van der Waals surface area contributed by atoms with Gasteiger partial charge in [0, 0.05) is 12.1 Å². The van der Waals surface area contributed by atoms with Gasteiger partial charge in [-0.1, -0.05) is 34.8 Å². The first-order chi connectivity index (χ1) is 7.00. The predicted molar refractivity (Wildman–Crippen MR) is 58.4 cm³/mol. The summed E-state index contributed by atoms with van der Waals surface area (Å²) in [5.41, 5.74) is 0. The zero-order chi connectivity index (χ0) is 11.4. The Morgan fingerprint density at radius 3 is 2.67 bits per heavy atom. The van der Waals surface area contributed by atoms with Crippen molar-refractivity contribution in [1.82, 2.24) is 0 Å². The lowest BCUT2D eigenvalue weighted by Crippen LogP contribution is -1.94. The normalized spacial score (nSPS) is 9.87. The number of halogens is 4. The molecule has 0 unspecified atom stereocenters. The van der Waals surface area contributed by atoms with E-state index in [0.717, 1.165) is 6.07 Å². The Morgan fingerprint density at radius 2 is 2.13 bits per heavy atom. The van der Waals surface area contributed by atoms with Crippen LogP contribution in [0.4, 0.5) is 4.39 Å². The van der Waals surface area contributed by atoms with Crippen molar-refractivity contribution in [1.29, 1.82) is 0 Å². The highest BCUT2D eigenvalue weighted by Gasteiger charge is 2.08. The first-order valence-corrected chi connectivity index (χ1v) is 4.96. The Hall–Kier alpha value is -0.640. The molecular weight excluding hydrogens is 265 g/mol. The number of ether oxygens (including phenoxy) is 1. The summed E-state index contributed by atoms with van der Waals surface area (Å²) in [6.45, 7) is 0.0862. The smallest absolute Gasteiger partial charge is 0.170 e. The molecule has 0 saturated carbocycles. The van der Waals surface area contributed by atoms with Crippen molar-refractivity contribution in [2.24, 2.45) is 0 Å². The van der Waals surface area contributed by atoms with Gasteiger partial charge in [-0.3, -0.25) is 0 Å². The minimum Gasteiger partial charge on any atom is -0.504 e. The molecule has 1 aromatic carbocycles. The second-order valence-corrected chi connectivity index (χ2v) is 3.96. The van der Waals surface area contributed by atoms with Crippen LogP contribution in [0, 0.1) is 5.82 Å². The fourth-order valence-corrected chi connectivity index (χ4v) is 1.15. The van der Waals surface area contributed by atoms with E-state index in [9.17, 15) is 4.39 Å². The lowest BCUT2D eigenvalue weighted by atomic mass is 10.3. The topological polar surface area (TPSA) is 29.5 Å². The number of phenolic OH excluding ortho intramolecular Hbond substituents is 1. The van der Waals surface area contributed by atoms with Gasteiger partial charge in [0.05, 0.1) is 5.02 Å². The molecule has 0 aliphatic carbocycles. The largest absolute Gasteiger partial charge is 0.504 e. The Kier molecular flexibility index (Phi) is 4.51. The van der Waals surface area contributed by atoms with Crippen molar-refractivity contribution >= 4 is 34.8 Å². The van der Waals surface area contributed by atoms with Gasteiger partial charge in [0.2, 0.25) is 0 Å². The van der Waals surface area contributed by atoms with Crippen LogP contribution in [0.15, 0.2) is 22.7 Å². The highest BCUT2D eigenvalue weighted by atomic mass is 35.5. The third kappa shape index (κ3) is 3.78. The van der Waals surface area contributed by atoms with Crippen molar-refractivity contribution in [3.8, 4) is 11.5 Å². The zero-order valence-corrected chi connectivity index (χ0v) is 9.57. The van der Waals surface area contributed by atoms with Crippen molar-refractivity contribution in [2.45, 2.75) is 0 Å². The second-order valence-electron chi connectivity index (χ2n) is 2.54. The van der Waals surface area contributed by atoms with Gasteiger partial charge < -0.3 is 9.84 Å². The maximum atomic E-state index is 12.9. The number of benzene rings is 1. The van der Waals surface area contributed by atoms with Crippen molar-refractivity contribution in [2.75, 3.05) is 6.61 Å². The summed E-state index contributed by atoms with van der Waals surface area (Å²) in [4.78, 5) is 0. The minimum atomic E-state index is -0.849. The second kappa shape index (κ2) is 5.45. The van der Waals surface area contributed by atoms with Crippen LogP contribution in [0.5, 0.6) is 11.5 Å². The molecule has 6 heteroatoms. The van der Waals surface area contributed by atoms with Crippen LogP contribution in [0.25, 0.3) is 0 Å². The molecular formula is C9H6Cl3FO2. The van der Waals surface area contributed by atoms with Gasteiger partial charge in [0.1, 0.15) is 16.8 Å². The molecule has 1 rings (SSSR count). The number of hydrogen-bond donors (Lipinski definition) is 1. The lowest BCUT2D eigenvalue weighted by molar-refractivity contribution is 0.357. The standard InChI is InChI=1S/C9H6Cl3FO2/c10-6-3-5(4-7(13)9(6)14)15-2-1-8(11)12/h1,3-4,14H,2H2. The number of hydrogen-bond acceptors (Lipinski definition) is 2. The molecule has 0 bridgehead atoms. The lowest BCUT2D eigenvalue weighted by Gasteiger charge is -2.05. The third-order valence-corrected chi connectivity index (χ3v) is 2.07. The average Bonchev–Trinajstić information content (AvgIpc) is 2.13. The fourth-order valence-electron chi connectivity index (χ4n) is 0.826. The molecule has 15 heavy (non-hydrogen) atoms. The van der Waals surface area contributed by atoms with Gasteiger partial charge in [-0.25, -0.2) is 4.39 Å². The monoisotopic (exact) mass is 270 g/mol.